The van der Waals surface area contributed by atoms with Gasteiger partial charge in [0.25, 0.3) is 0 Å². The summed E-state index contributed by atoms with van der Waals surface area (Å²) in [5.41, 5.74) is 7.53. The van der Waals surface area contributed by atoms with Crippen LogP contribution in [-0.2, 0) is 0 Å². The van der Waals surface area contributed by atoms with Crippen LogP contribution in [0.25, 0.3) is 0 Å². The van der Waals surface area contributed by atoms with Crippen LogP contribution >= 0.6 is 0 Å². The van der Waals surface area contributed by atoms with Crippen molar-refractivity contribution in [3.8, 4) is 5.75 Å². The number of rotatable bonds is 3. The van der Waals surface area contributed by atoms with Crippen molar-refractivity contribution in [3.05, 3.63) is 41.8 Å². The van der Waals surface area contributed by atoms with Gasteiger partial charge in [-0.05, 0) is 30.7 Å². The van der Waals surface area contributed by atoms with Crippen molar-refractivity contribution >= 4 is 17.2 Å². The van der Waals surface area contributed by atoms with Gasteiger partial charge in [0.15, 0.2) is 5.82 Å². The Morgan fingerprint density at radius 3 is 2.83 bits per heavy atom. The monoisotopic (exact) mass is 247 g/mol. The van der Waals surface area contributed by atoms with Crippen LogP contribution in [0, 0.1) is 12.7 Å². The predicted molar refractivity (Wildman–Crippen MR) is 69.6 cm³/mol. The molecule has 0 amide bonds. The van der Waals surface area contributed by atoms with Crippen LogP contribution in [0.5, 0.6) is 5.75 Å². The molecule has 3 N–H and O–H groups in total. The molecule has 2 rings (SSSR count). The number of methoxy groups -OCH3 is 1. The lowest BCUT2D eigenvalue weighted by Gasteiger charge is -2.11. The van der Waals surface area contributed by atoms with Gasteiger partial charge in [0, 0.05) is 12.3 Å². The largest absolute Gasteiger partial charge is 0.497 e. The van der Waals surface area contributed by atoms with Gasteiger partial charge in [-0.3, -0.25) is 0 Å². The zero-order valence-corrected chi connectivity index (χ0v) is 10.2. The van der Waals surface area contributed by atoms with Gasteiger partial charge in [-0.2, -0.15) is 0 Å². The number of pyridine rings is 1. The maximum atomic E-state index is 13.6. The summed E-state index contributed by atoms with van der Waals surface area (Å²) in [7, 11) is 1.52. The second-order valence-corrected chi connectivity index (χ2v) is 3.86. The van der Waals surface area contributed by atoms with Crippen molar-refractivity contribution in [3.63, 3.8) is 0 Å². The highest BCUT2D eigenvalue weighted by atomic mass is 19.1. The molecular weight excluding hydrogens is 233 g/mol. The number of ether oxygens (including phenoxy) is 1. The number of anilines is 3. The van der Waals surface area contributed by atoms with Gasteiger partial charge in [-0.15, -0.1) is 0 Å². The van der Waals surface area contributed by atoms with Crippen molar-refractivity contribution < 1.29 is 9.13 Å². The van der Waals surface area contributed by atoms with Gasteiger partial charge in [0.1, 0.15) is 11.6 Å². The fourth-order valence-electron chi connectivity index (χ4n) is 1.52. The molecule has 0 aliphatic heterocycles. The lowest BCUT2D eigenvalue weighted by Crippen LogP contribution is -2.02. The third kappa shape index (κ3) is 2.34. The summed E-state index contributed by atoms with van der Waals surface area (Å²) in [5.74, 6) is 0.603. The molecule has 0 radical (unpaired) electrons. The minimum absolute atomic E-state index is 0.277. The van der Waals surface area contributed by atoms with E-state index < -0.39 is 5.82 Å². The second-order valence-electron chi connectivity index (χ2n) is 3.86. The van der Waals surface area contributed by atoms with Gasteiger partial charge in [-0.25, -0.2) is 9.37 Å². The van der Waals surface area contributed by atoms with Gasteiger partial charge < -0.3 is 15.8 Å². The van der Waals surface area contributed by atoms with Crippen LogP contribution in [-0.4, -0.2) is 12.1 Å². The minimum Gasteiger partial charge on any atom is -0.497 e. The van der Waals surface area contributed by atoms with E-state index in [-0.39, 0.29) is 5.69 Å². The molecule has 0 saturated carbocycles. The molecule has 0 aliphatic carbocycles. The predicted octanol–water partition coefficient (Wildman–Crippen LogP) is 2.86. The summed E-state index contributed by atoms with van der Waals surface area (Å²) in [6.07, 6.45) is 1.62. The highest BCUT2D eigenvalue weighted by Gasteiger charge is 2.08. The standard InChI is InChI=1S/C13H14FN3O/c1-8-5-6-16-13(12(8)15)17-11-7-9(18-2)3-4-10(11)14/h3-7H,15H2,1-2H3,(H,16,17). The SMILES string of the molecule is COc1ccc(F)c(Nc2nccc(C)c2N)c1. The van der Waals surface area contributed by atoms with Gasteiger partial charge in [-0.1, -0.05) is 0 Å². The summed E-state index contributed by atoms with van der Waals surface area (Å²) in [6, 6.07) is 6.22. The summed E-state index contributed by atoms with van der Waals surface area (Å²) in [5, 5.41) is 2.86. The third-order valence-electron chi connectivity index (χ3n) is 2.63. The van der Waals surface area contributed by atoms with Gasteiger partial charge in [0.2, 0.25) is 0 Å². The summed E-state index contributed by atoms with van der Waals surface area (Å²) in [6.45, 7) is 1.87. The number of hydrogen-bond acceptors (Lipinski definition) is 4. The van der Waals surface area contributed by atoms with E-state index >= 15 is 0 Å². The molecule has 4 nitrogen and oxygen atoms in total. The first kappa shape index (κ1) is 12.2. The number of nitrogens with zero attached hydrogens (tertiary/aromatic N) is 1. The molecule has 94 valence electrons. The normalized spacial score (nSPS) is 10.2. The Labute approximate surface area is 105 Å². The van der Waals surface area contributed by atoms with Crippen molar-refractivity contribution in [2.45, 2.75) is 6.92 Å². The first-order valence-corrected chi connectivity index (χ1v) is 5.43. The molecule has 0 bridgehead atoms. The lowest BCUT2D eigenvalue weighted by atomic mass is 10.2. The number of benzene rings is 1. The number of nitrogens with two attached hydrogens (primary N) is 1. The van der Waals surface area contributed by atoms with Crippen LogP contribution < -0.4 is 15.8 Å². The minimum atomic E-state index is -0.390. The second kappa shape index (κ2) is 4.91. The third-order valence-corrected chi connectivity index (χ3v) is 2.63. The topological polar surface area (TPSA) is 60.2 Å². The van der Waals surface area contributed by atoms with Crippen molar-refractivity contribution in [2.24, 2.45) is 0 Å². The maximum absolute atomic E-state index is 13.6. The Bertz CT molecular complexity index is 572. The lowest BCUT2D eigenvalue weighted by molar-refractivity contribution is 0.414. The smallest absolute Gasteiger partial charge is 0.153 e. The molecule has 0 spiro atoms. The van der Waals surface area contributed by atoms with Crippen molar-refractivity contribution in [1.29, 1.82) is 0 Å². The maximum Gasteiger partial charge on any atom is 0.153 e. The first-order valence-electron chi connectivity index (χ1n) is 5.43. The Morgan fingerprint density at radius 1 is 1.33 bits per heavy atom. The number of aromatic nitrogens is 1. The molecule has 1 aromatic heterocycles. The van der Waals surface area contributed by atoms with Crippen molar-refractivity contribution in [2.75, 3.05) is 18.2 Å². The Kier molecular flexibility index (Phi) is 3.32. The van der Waals surface area contributed by atoms with Crippen LogP contribution in [0.2, 0.25) is 0 Å². The van der Waals surface area contributed by atoms with E-state index in [1.54, 1.807) is 24.4 Å². The molecule has 0 fully saturated rings. The summed E-state index contributed by atoms with van der Waals surface area (Å²) >= 11 is 0. The summed E-state index contributed by atoms with van der Waals surface area (Å²) in [4.78, 5) is 4.09. The molecule has 18 heavy (non-hydrogen) atoms. The molecule has 1 aromatic carbocycles. The number of aryl methyl sites for hydroxylation is 1. The average molecular weight is 247 g/mol. The van der Waals surface area contributed by atoms with Crippen LogP contribution in [0.3, 0.4) is 0 Å². The summed E-state index contributed by atoms with van der Waals surface area (Å²) < 4.78 is 18.7. The van der Waals surface area contributed by atoms with Gasteiger partial charge in [0.05, 0.1) is 18.5 Å². The number of halogens is 1. The number of nitrogens with one attached hydrogen (secondary N) is 1. The Hall–Kier alpha value is -2.30. The molecule has 0 unspecified atom stereocenters. The first-order chi connectivity index (χ1) is 8.61. The quantitative estimate of drug-likeness (QED) is 0.875. The van der Waals surface area contributed by atoms with Gasteiger partial charge >= 0.3 is 0 Å². The van der Waals surface area contributed by atoms with E-state index in [9.17, 15) is 4.39 Å². The van der Waals surface area contributed by atoms with E-state index in [1.807, 2.05) is 6.92 Å². The molecular formula is C13H14FN3O. The van der Waals surface area contributed by atoms with Crippen LogP contribution in [0.4, 0.5) is 21.6 Å². The molecule has 0 atom stereocenters. The number of nitrogen functional groups attached to an aromatic ring is 1. The van der Waals surface area contributed by atoms with Crippen LogP contribution in [0.1, 0.15) is 5.56 Å². The van der Waals surface area contributed by atoms with E-state index in [2.05, 4.69) is 10.3 Å². The van der Waals surface area contributed by atoms with Crippen LogP contribution in [0.15, 0.2) is 30.5 Å². The molecule has 1 heterocycles. The molecule has 2 aromatic rings. The Morgan fingerprint density at radius 2 is 2.11 bits per heavy atom. The highest BCUT2D eigenvalue weighted by Crippen LogP contribution is 2.27. The highest BCUT2D eigenvalue weighted by molar-refractivity contribution is 5.71. The fourth-order valence-corrected chi connectivity index (χ4v) is 1.52. The van der Waals surface area contributed by atoms with E-state index in [0.717, 1.165) is 5.56 Å². The van der Waals surface area contributed by atoms with E-state index in [0.29, 0.717) is 17.3 Å². The Balaban J connectivity index is 2.36. The zero-order chi connectivity index (χ0) is 13.1. The van der Waals surface area contributed by atoms with E-state index in [1.165, 1.54) is 13.2 Å². The van der Waals surface area contributed by atoms with Crippen molar-refractivity contribution in [1.82, 2.24) is 4.98 Å². The number of hydrogen-bond donors (Lipinski definition) is 2. The molecule has 0 aliphatic rings. The zero-order valence-electron chi connectivity index (χ0n) is 10.2. The molecule has 0 saturated heterocycles. The van der Waals surface area contributed by atoms with E-state index in [4.69, 9.17) is 10.5 Å². The molecule has 5 heteroatoms. The fraction of sp³-hybridized carbons (Fsp3) is 0.154. The average Bonchev–Trinajstić information content (AvgIpc) is 2.37.